The average Bonchev–Trinajstić information content (AvgIpc) is 2.45. The number of nitrogen functional groups attached to an aromatic ring is 1. The Morgan fingerprint density at radius 3 is 2.09 bits per heavy atom. The molecule has 0 spiro atoms. The maximum atomic E-state index is 11.9. The Hall–Kier alpha value is -1.95. The molecule has 0 radical (unpaired) electrons. The Morgan fingerprint density at radius 1 is 0.818 bits per heavy atom. The van der Waals surface area contributed by atoms with Gasteiger partial charge < -0.3 is 16.4 Å². The van der Waals surface area contributed by atoms with Gasteiger partial charge in [0.2, 0.25) is 0 Å². The smallest absolute Gasteiger partial charge is 0.314 e. The molecule has 0 bridgehead atoms. The van der Waals surface area contributed by atoms with Crippen molar-refractivity contribution in [2.75, 3.05) is 16.4 Å². The molecule has 0 aromatic heterocycles. The summed E-state index contributed by atoms with van der Waals surface area (Å²) in [5, 5.41) is 5.60. The summed E-state index contributed by atoms with van der Waals surface area (Å²) < 4.78 is 0. The quantitative estimate of drug-likeness (QED) is 0.564. The van der Waals surface area contributed by atoms with E-state index in [4.69, 9.17) is 40.5 Å². The molecular formula is C14H10Cl3N3O2. The van der Waals surface area contributed by atoms with Crippen LogP contribution >= 0.6 is 34.8 Å². The lowest BCUT2D eigenvalue weighted by Crippen LogP contribution is -2.29. The molecule has 2 amide bonds. The van der Waals surface area contributed by atoms with E-state index in [0.717, 1.165) is 0 Å². The lowest BCUT2D eigenvalue weighted by Gasteiger charge is -2.09. The first-order valence-corrected chi connectivity index (χ1v) is 7.12. The minimum absolute atomic E-state index is 0.224. The molecule has 0 saturated carbocycles. The molecule has 8 heteroatoms. The normalized spacial score (nSPS) is 10.1. The summed E-state index contributed by atoms with van der Waals surface area (Å²) in [6, 6.07) is 9.01. The zero-order chi connectivity index (χ0) is 16.3. The number of nitrogens with two attached hydrogens (primary N) is 1. The fraction of sp³-hybridized carbons (Fsp3) is 0. The third kappa shape index (κ3) is 4.04. The second-order valence-corrected chi connectivity index (χ2v) is 5.52. The Bertz CT molecular complexity index is 750. The molecule has 0 aliphatic carbocycles. The maximum Gasteiger partial charge on any atom is 0.314 e. The number of anilines is 3. The van der Waals surface area contributed by atoms with Gasteiger partial charge in [-0.25, -0.2) is 0 Å². The van der Waals surface area contributed by atoms with E-state index in [1.807, 2.05) is 0 Å². The molecule has 0 aliphatic heterocycles. The number of amides is 2. The minimum atomic E-state index is -0.906. The summed E-state index contributed by atoms with van der Waals surface area (Å²) in [6.07, 6.45) is 0. The number of carbonyl (C=O) groups is 2. The standard InChI is InChI=1S/C14H10Cl3N3O2/c15-7-1-3-9(16)12(5-7)20-14(22)13(21)19-11-4-2-8(18)6-10(11)17/h1-6H,18H2,(H,19,21)(H,20,22). The highest BCUT2D eigenvalue weighted by Crippen LogP contribution is 2.26. The van der Waals surface area contributed by atoms with E-state index in [0.29, 0.717) is 10.7 Å². The van der Waals surface area contributed by atoms with E-state index in [9.17, 15) is 9.59 Å². The fourth-order valence-corrected chi connectivity index (χ4v) is 2.16. The molecule has 2 aromatic carbocycles. The molecule has 114 valence electrons. The molecule has 0 unspecified atom stereocenters. The van der Waals surface area contributed by atoms with Gasteiger partial charge in [0, 0.05) is 10.7 Å². The number of carbonyl (C=O) groups excluding carboxylic acids is 2. The first-order valence-electron chi connectivity index (χ1n) is 5.99. The first-order chi connectivity index (χ1) is 10.4. The summed E-state index contributed by atoms with van der Waals surface area (Å²) >= 11 is 17.6. The van der Waals surface area contributed by atoms with Crippen LogP contribution in [-0.2, 0) is 9.59 Å². The Labute approximate surface area is 141 Å². The Balaban J connectivity index is 2.09. The van der Waals surface area contributed by atoms with Gasteiger partial charge in [-0.1, -0.05) is 34.8 Å². The summed E-state index contributed by atoms with van der Waals surface area (Å²) in [5.74, 6) is -1.81. The number of benzene rings is 2. The van der Waals surface area contributed by atoms with Crippen LogP contribution in [-0.4, -0.2) is 11.8 Å². The number of halogens is 3. The molecule has 22 heavy (non-hydrogen) atoms. The van der Waals surface area contributed by atoms with Gasteiger partial charge in [-0.2, -0.15) is 0 Å². The molecule has 0 atom stereocenters. The average molecular weight is 359 g/mol. The molecule has 0 heterocycles. The van der Waals surface area contributed by atoms with Crippen molar-refractivity contribution < 1.29 is 9.59 Å². The van der Waals surface area contributed by atoms with E-state index in [2.05, 4.69) is 10.6 Å². The predicted octanol–water partition coefficient (Wildman–Crippen LogP) is 3.81. The Morgan fingerprint density at radius 2 is 1.45 bits per heavy atom. The lowest BCUT2D eigenvalue weighted by molar-refractivity contribution is -0.132. The van der Waals surface area contributed by atoms with Crippen LogP contribution in [0.2, 0.25) is 15.1 Å². The SMILES string of the molecule is Nc1ccc(NC(=O)C(=O)Nc2cc(Cl)ccc2Cl)c(Cl)c1. The van der Waals surface area contributed by atoms with Crippen LogP contribution in [0.3, 0.4) is 0 Å². The molecule has 2 aromatic rings. The highest BCUT2D eigenvalue weighted by molar-refractivity contribution is 6.46. The molecule has 0 saturated heterocycles. The van der Waals surface area contributed by atoms with Crippen molar-refractivity contribution in [2.45, 2.75) is 0 Å². The fourth-order valence-electron chi connectivity index (χ4n) is 1.58. The first kappa shape index (κ1) is 16.4. The predicted molar refractivity (Wildman–Crippen MR) is 89.6 cm³/mol. The van der Waals surface area contributed by atoms with Crippen molar-refractivity contribution in [1.82, 2.24) is 0 Å². The third-order valence-corrected chi connectivity index (χ3v) is 3.50. The molecule has 0 aliphatic rings. The van der Waals surface area contributed by atoms with Crippen LogP contribution in [0, 0.1) is 0 Å². The number of hydrogen-bond acceptors (Lipinski definition) is 3. The van der Waals surface area contributed by atoms with E-state index in [1.54, 1.807) is 12.1 Å². The lowest BCUT2D eigenvalue weighted by atomic mass is 10.2. The highest BCUT2D eigenvalue weighted by atomic mass is 35.5. The summed E-state index contributed by atoms with van der Waals surface area (Å²) in [7, 11) is 0. The van der Waals surface area contributed by atoms with Crippen LogP contribution in [0.4, 0.5) is 17.1 Å². The highest BCUT2D eigenvalue weighted by Gasteiger charge is 2.16. The second-order valence-electron chi connectivity index (χ2n) is 4.27. The van der Waals surface area contributed by atoms with Gasteiger partial charge in [0.1, 0.15) is 0 Å². The van der Waals surface area contributed by atoms with Gasteiger partial charge in [-0.05, 0) is 36.4 Å². The van der Waals surface area contributed by atoms with Gasteiger partial charge in [0.25, 0.3) is 0 Å². The van der Waals surface area contributed by atoms with Gasteiger partial charge in [-0.3, -0.25) is 9.59 Å². The molecule has 5 nitrogen and oxygen atoms in total. The summed E-state index contributed by atoms with van der Waals surface area (Å²) in [6.45, 7) is 0. The number of hydrogen-bond donors (Lipinski definition) is 3. The summed E-state index contributed by atoms with van der Waals surface area (Å²) in [4.78, 5) is 23.7. The van der Waals surface area contributed by atoms with Crippen molar-refractivity contribution in [3.63, 3.8) is 0 Å². The molecule has 2 rings (SSSR count). The van der Waals surface area contributed by atoms with Crippen LogP contribution in [0.25, 0.3) is 0 Å². The molecular weight excluding hydrogens is 349 g/mol. The zero-order valence-corrected chi connectivity index (χ0v) is 13.3. The van der Waals surface area contributed by atoms with Crippen LogP contribution in [0.1, 0.15) is 0 Å². The topological polar surface area (TPSA) is 84.2 Å². The van der Waals surface area contributed by atoms with E-state index in [-0.39, 0.29) is 21.4 Å². The van der Waals surface area contributed by atoms with Gasteiger partial charge in [0.15, 0.2) is 0 Å². The number of nitrogens with one attached hydrogen (secondary N) is 2. The Kier molecular flexibility index (Phi) is 5.13. The minimum Gasteiger partial charge on any atom is -0.399 e. The zero-order valence-electron chi connectivity index (χ0n) is 11.0. The van der Waals surface area contributed by atoms with Crippen LogP contribution in [0.5, 0.6) is 0 Å². The molecule has 0 fully saturated rings. The largest absolute Gasteiger partial charge is 0.399 e. The number of rotatable bonds is 2. The van der Waals surface area contributed by atoms with Crippen molar-refractivity contribution in [3.05, 3.63) is 51.5 Å². The van der Waals surface area contributed by atoms with Crippen LogP contribution in [0.15, 0.2) is 36.4 Å². The van der Waals surface area contributed by atoms with Gasteiger partial charge in [-0.15, -0.1) is 0 Å². The van der Waals surface area contributed by atoms with Crippen molar-refractivity contribution in [1.29, 1.82) is 0 Å². The van der Waals surface area contributed by atoms with Crippen molar-refractivity contribution in [3.8, 4) is 0 Å². The third-order valence-electron chi connectivity index (χ3n) is 2.62. The van der Waals surface area contributed by atoms with Crippen molar-refractivity contribution in [2.24, 2.45) is 0 Å². The van der Waals surface area contributed by atoms with E-state index >= 15 is 0 Å². The van der Waals surface area contributed by atoms with E-state index in [1.165, 1.54) is 24.3 Å². The molecule has 4 N–H and O–H groups in total. The van der Waals surface area contributed by atoms with E-state index < -0.39 is 11.8 Å². The van der Waals surface area contributed by atoms with Crippen LogP contribution < -0.4 is 16.4 Å². The monoisotopic (exact) mass is 357 g/mol. The maximum absolute atomic E-state index is 11.9. The van der Waals surface area contributed by atoms with Gasteiger partial charge >= 0.3 is 11.8 Å². The van der Waals surface area contributed by atoms with Crippen molar-refractivity contribution >= 4 is 63.7 Å². The summed E-state index contributed by atoms with van der Waals surface area (Å²) in [5.41, 5.74) is 6.50. The second kappa shape index (κ2) is 6.87. The van der Waals surface area contributed by atoms with Gasteiger partial charge in [0.05, 0.1) is 21.4 Å².